The van der Waals surface area contributed by atoms with Gasteiger partial charge in [-0.05, 0) is 66.0 Å². The van der Waals surface area contributed by atoms with Crippen molar-refractivity contribution >= 4 is 50.8 Å². The number of fused-ring (bicyclic) bond motifs is 1. The maximum Gasteiger partial charge on any atom is 0.172 e. The van der Waals surface area contributed by atoms with Crippen molar-refractivity contribution in [2.45, 2.75) is 17.9 Å². The molecule has 0 amide bonds. The van der Waals surface area contributed by atoms with Crippen LogP contribution in [0.3, 0.4) is 0 Å². The molecule has 0 unspecified atom stereocenters. The second-order valence-corrected chi connectivity index (χ2v) is 9.74. The van der Waals surface area contributed by atoms with Gasteiger partial charge in [-0.15, -0.1) is 11.8 Å². The summed E-state index contributed by atoms with van der Waals surface area (Å²) in [7, 11) is 2.16. The summed E-state index contributed by atoms with van der Waals surface area (Å²) in [6.07, 6.45) is 4.87. The first-order valence-electron chi connectivity index (χ1n) is 10.4. The molecule has 4 rings (SSSR count). The van der Waals surface area contributed by atoms with E-state index in [0.29, 0.717) is 5.02 Å². The number of nitrogens with zero attached hydrogens (tertiary/aromatic N) is 4. The predicted molar refractivity (Wildman–Crippen MR) is 139 cm³/mol. The quantitative estimate of drug-likeness (QED) is 0.198. The summed E-state index contributed by atoms with van der Waals surface area (Å²) in [5.74, 6) is 0.894. The Bertz CT molecular complexity index is 1190. The zero-order valence-electron chi connectivity index (χ0n) is 18.1. The summed E-state index contributed by atoms with van der Waals surface area (Å²) in [4.78, 5) is 8.40. The molecule has 8 heteroatoms. The molecule has 0 bridgehead atoms. The lowest BCUT2D eigenvalue weighted by Gasteiger charge is -2.17. The minimum atomic E-state index is 0.679. The summed E-state index contributed by atoms with van der Waals surface area (Å²) < 4.78 is 2.67. The van der Waals surface area contributed by atoms with Crippen molar-refractivity contribution in [3.8, 4) is 11.3 Å². The van der Waals surface area contributed by atoms with E-state index < -0.39 is 0 Å². The molecule has 2 aromatic heterocycles. The van der Waals surface area contributed by atoms with Gasteiger partial charge in [0.2, 0.25) is 0 Å². The molecule has 32 heavy (non-hydrogen) atoms. The highest BCUT2D eigenvalue weighted by Gasteiger charge is 2.13. The fraction of sp³-hybridized carbons (Fsp3) is 0.250. The number of nitrogens with one attached hydrogen (secondary N) is 1. The fourth-order valence-electron chi connectivity index (χ4n) is 3.56. The van der Waals surface area contributed by atoms with Gasteiger partial charge < -0.3 is 10.2 Å². The Morgan fingerprint density at radius 3 is 2.69 bits per heavy atom. The Morgan fingerprint density at radius 2 is 1.94 bits per heavy atom. The van der Waals surface area contributed by atoms with E-state index in [2.05, 4.69) is 68.8 Å². The molecule has 0 radical (unpaired) electrons. The van der Waals surface area contributed by atoms with Gasteiger partial charge in [0.25, 0.3) is 0 Å². The number of thioether (sulfide) groups is 1. The highest BCUT2D eigenvalue weighted by atomic mass is 79.9. The average molecular weight is 531 g/mol. The summed E-state index contributed by atoms with van der Waals surface area (Å²) in [5, 5.41) is 8.67. The largest absolute Gasteiger partial charge is 0.370 e. The molecule has 0 saturated heterocycles. The summed E-state index contributed by atoms with van der Waals surface area (Å²) >= 11 is 11.7. The van der Waals surface area contributed by atoms with Crippen molar-refractivity contribution in [2.24, 2.45) is 0 Å². The molecule has 0 saturated carbocycles. The third kappa shape index (κ3) is 5.46. The molecule has 0 aliphatic rings. The van der Waals surface area contributed by atoms with Crippen molar-refractivity contribution in [3.05, 3.63) is 75.9 Å². The van der Waals surface area contributed by atoms with E-state index in [9.17, 15) is 0 Å². The monoisotopic (exact) mass is 529 g/mol. The van der Waals surface area contributed by atoms with Crippen LogP contribution in [0.4, 0.5) is 5.82 Å². The number of benzene rings is 2. The van der Waals surface area contributed by atoms with Crippen LogP contribution < -0.4 is 5.32 Å². The zero-order valence-corrected chi connectivity index (χ0v) is 21.2. The number of halogens is 2. The van der Waals surface area contributed by atoms with Crippen LogP contribution >= 0.6 is 39.3 Å². The van der Waals surface area contributed by atoms with Crippen molar-refractivity contribution in [2.75, 3.05) is 31.7 Å². The van der Waals surface area contributed by atoms with Gasteiger partial charge in [0.1, 0.15) is 5.82 Å². The molecule has 2 heterocycles. The average Bonchev–Trinajstić information content (AvgIpc) is 3.18. The molecule has 0 atom stereocenters. The van der Waals surface area contributed by atoms with E-state index in [4.69, 9.17) is 16.6 Å². The normalized spacial score (nSPS) is 11.4. The van der Waals surface area contributed by atoms with Gasteiger partial charge >= 0.3 is 0 Å². The Labute approximate surface area is 206 Å². The summed E-state index contributed by atoms with van der Waals surface area (Å²) in [5.41, 5.74) is 3.81. The molecule has 1 N–H and O–H groups in total. The first-order chi connectivity index (χ1) is 15.5. The van der Waals surface area contributed by atoms with Crippen LogP contribution in [-0.2, 0) is 6.54 Å². The van der Waals surface area contributed by atoms with Crippen LogP contribution in [0.5, 0.6) is 0 Å². The van der Waals surface area contributed by atoms with Gasteiger partial charge in [-0.25, -0.2) is 4.98 Å². The highest BCUT2D eigenvalue weighted by molar-refractivity contribution is 9.10. The third-order valence-electron chi connectivity index (χ3n) is 5.21. The Hall–Kier alpha value is -2.06. The van der Waals surface area contributed by atoms with Gasteiger partial charge in [0, 0.05) is 34.6 Å². The molecular formula is C24H25BrClN5S. The van der Waals surface area contributed by atoms with Crippen molar-refractivity contribution in [1.82, 2.24) is 19.5 Å². The van der Waals surface area contributed by atoms with Crippen LogP contribution in [0.2, 0.25) is 5.02 Å². The van der Waals surface area contributed by atoms with E-state index in [0.717, 1.165) is 53.3 Å². The second-order valence-electron chi connectivity index (χ2n) is 7.60. The Balaban J connectivity index is 1.41. The minimum Gasteiger partial charge on any atom is -0.370 e. The lowest BCUT2D eigenvalue weighted by Crippen LogP contribution is -2.21. The topological polar surface area (TPSA) is 45.5 Å². The number of hydrogen-bond acceptors (Lipinski definition) is 5. The molecule has 4 aromatic rings. The first-order valence-corrected chi connectivity index (χ1v) is 12.8. The number of rotatable bonds is 9. The maximum atomic E-state index is 6.42. The predicted octanol–water partition coefficient (Wildman–Crippen LogP) is 6.47. The molecule has 0 fully saturated rings. The second kappa shape index (κ2) is 10.7. The highest BCUT2D eigenvalue weighted by Crippen LogP contribution is 2.30. The number of aromatic nitrogens is 3. The van der Waals surface area contributed by atoms with Crippen molar-refractivity contribution in [3.63, 3.8) is 0 Å². The van der Waals surface area contributed by atoms with E-state index in [1.54, 1.807) is 18.0 Å². The van der Waals surface area contributed by atoms with Crippen LogP contribution in [0, 0.1) is 0 Å². The lowest BCUT2D eigenvalue weighted by molar-refractivity contribution is 0.325. The molecule has 166 valence electrons. The first kappa shape index (κ1) is 23.1. The molecule has 2 aromatic carbocycles. The van der Waals surface area contributed by atoms with Crippen LogP contribution in [0.25, 0.3) is 16.9 Å². The lowest BCUT2D eigenvalue weighted by atomic mass is 10.1. The number of anilines is 1. The van der Waals surface area contributed by atoms with Gasteiger partial charge in [-0.3, -0.25) is 0 Å². The van der Waals surface area contributed by atoms with Crippen LogP contribution in [-0.4, -0.2) is 45.9 Å². The van der Waals surface area contributed by atoms with Gasteiger partial charge in [0.05, 0.1) is 16.4 Å². The molecule has 5 nitrogen and oxygen atoms in total. The van der Waals surface area contributed by atoms with Gasteiger partial charge in [-0.1, -0.05) is 41.9 Å². The molecular weight excluding hydrogens is 506 g/mol. The van der Waals surface area contributed by atoms with Crippen LogP contribution in [0.15, 0.2) is 70.2 Å². The van der Waals surface area contributed by atoms with Gasteiger partial charge in [-0.2, -0.15) is 9.61 Å². The SMILES string of the molecule is CSc1ccc(CN(C)CCCNc2cc(-c3ccccc3Cl)nc3c(Br)cnn23)cc1. The Morgan fingerprint density at radius 1 is 1.16 bits per heavy atom. The Kier molecular flexibility index (Phi) is 7.73. The summed E-state index contributed by atoms with van der Waals surface area (Å²) in [6.45, 7) is 2.76. The molecule has 0 aliphatic heterocycles. The zero-order chi connectivity index (χ0) is 22.5. The standard InChI is InChI=1S/C24H25BrClN5S/c1-30(16-17-8-10-18(32-2)11-9-17)13-5-12-27-23-14-22(19-6-3-4-7-21(19)26)29-24-20(25)15-28-31(23)24/h3-4,6-11,14-15,27H,5,12-13,16H2,1-2H3. The molecule has 0 aliphatic carbocycles. The van der Waals surface area contributed by atoms with E-state index in [-0.39, 0.29) is 0 Å². The minimum absolute atomic E-state index is 0.679. The third-order valence-corrected chi connectivity index (χ3v) is 6.85. The fourth-order valence-corrected chi connectivity index (χ4v) is 4.55. The van der Waals surface area contributed by atoms with E-state index in [1.165, 1.54) is 10.5 Å². The van der Waals surface area contributed by atoms with E-state index >= 15 is 0 Å². The van der Waals surface area contributed by atoms with Crippen molar-refractivity contribution in [1.29, 1.82) is 0 Å². The maximum absolute atomic E-state index is 6.42. The number of hydrogen-bond donors (Lipinski definition) is 1. The smallest absolute Gasteiger partial charge is 0.172 e. The molecule has 0 spiro atoms. The summed E-state index contributed by atoms with van der Waals surface area (Å²) in [6, 6.07) is 18.5. The van der Waals surface area contributed by atoms with E-state index in [1.807, 2.05) is 34.8 Å². The van der Waals surface area contributed by atoms with Crippen LogP contribution in [0.1, 0.15) is 12.0 Å². The van der Waals surface area contributed by atoms with Crippen molar-refractivity contribution < 1.29 is 0 Å². The van der Waals surface area contributed by atoms with Gasteiger partial charge in [0.15, 0.2) is 5.65 Å².